The fraction of sp³-hybridized carbons (Fsp3) is 0.444. The first-order valence-electron chi connectivity index (χ1n) is 8.07. The third-order valence-electron chi connectivity index (χ3n) is 3.91. The van der Waals surface area contributed by atoms with Crippen molar-refractivity contribution in [3.05, 3.63) is 39.9 Å². The second-order valence-electron chi connectivity index (χ2n) is 6.47. The number of carbonyl (C=O) groups is 1. The summed E-state index contributed by atoms with van der Waals surface area (Å²) < 4.78 is 16.2. The van der Waals surface area contributed by atoms with Gasteiger partial charge in [0.25, 0.3) is 0 Å². The summed E-state index contributed by atoms with van der Waals surface area (Å²) >= 11 is 0. The quantitative estimate of drug-likeness (QED) is 0.880. The van der Waals surface area contributed by atoms with Gasteiger partial charge >= 0.3 is 5.97 Å². The Kier molecular flexibility index (Phi) is 5.26. The number of hydrogen-bond acceptors (Lipinski definition) is 3. The topological polar surface area (TPSA) is 62.5 Å². The Bertz CT molecular complexity index is 827. The average molecular weight is 334 g/mol. The predicted molar refractivity (Wildman–Crippen MR) is 93.5 cm³/mol. The van der Waals surface area contributed by atoms with E-state index in [2.05, 4.69) is 0 Å². The van der Waals surface area contributed by atoms with Gasteiger partial charge in [-0.25, -0.2) is 9.18 Å². The molecular weight excluding hydrogens is 311 g/mol. The van der Waals surface area contributed by atoms with Crippen LogP contribution in [0.1, 0.15) is 37.6 Å². The maximum absolute atomic E-state index is 14.5. The molecule has 0 bridgehead atoms. The molecule has 5 nitrogen and oxygen atoms in total. The summed E-state index contributed by atoms with van der Waals surface area (Å²) in [6.07, 6.45) is 2.22. The number of nitrogens with zero attached hydrogens (tertiary/aromatic N) is 2. The Morgan fingerprint density at radius 2 is 2.04 bits per heavy atom. The number of aromatic nitrogens is 1. The minimum Gasteiger partial charge on any atom is -0.477 e. The molecule has 130 valence electrons. The zero-order valence-electron chi connectivity index (χ0n) is 14.5. The molecule has 6 heteroatoms. The Morgan fingerprint density at radius 1 is 1.38 bits per heavy atom. The standard InChI is InChI=1S/C18H23FN2O3/c1-5-6-20(4)16-8-15-12(7-14(16)19)17(22)13(18(23)24)10-21(15)9-11(2)3/h7-8,10-11H,5-6,9H2,1-4H3,(H,23,24). The fourth-order valence-corrected chi connectivity index (χ4v) is 2.84. The number of anilines is 1. The SMILES string of the molecule is CCCN(C)c1cc2c(cc1F)c(=O)c(C(=O)O)cn2CC(C)C. The Labute approximate surface area is 140 Å². The molecule has 1 heterocycles. The van der Waals surface area contributed by atoms with Gasteiger partial charge in [-0.3, -0.25) is 4.79 Å². The van der Waals surface area contributed by atoms with Gasteiger partial charge in [0.05, 0.1) is 11.2 Å². The zero-order valence-corrected chi connectivity index (χ0v) is 14.5. The molecule has 2 rings (SSSR count). The van der Waals surface area contributed by atoms with E-state index in [4.69, 9.17) is 0 Å². The molecule has 0 aliphatic rings. The molecule has 1 N–H and O–H groups in total. The second-order valence-corrected chi connectivity index (χ2v) is 6.47. The summed E-state index contributed by atoms with van der Waals surface area (Å²) in [5.74, 6) is -1.57. The van der Waals surface area contributed by atoms with Crippen LogP contribution < -0.4 is 10.3 Å². The third-order valence-corrected chi connectivity index (χ3v) is 3.91. The molecule has 1 aromatic carbocycles. The van der Waals surface area contributed by atoms with Crippen LogP contribution in [0.2, 0.25) is 0 Å². The molecule has 0 saturated heterocycles. The highest BCUT2D eigenvalue weighted by Gasteiger charge is 2.18. The maximum atomic E-state index is 14.5. The predicted octanol–water partition coefficient (Wildman–Crippen LogP) is 3.34. The van der Waals surface area contributed by atoms with Crippen molar-refractivity contribution in [2.75, 3.05) is 18.5 Å². The van der Waals surface area contributed by atoms with Gasteiger partial charge < -0.3 is 14.6 Å². The zero-order chi connectivity index (χ0) is 18.0. The Balaban J connectivity index is 2.80. The van der Waals surface area contributed by atoms with Crippen molar-refractivity contribution >= 4 is 22.6 Å². The lowest BCUT2D eigenvalue weighted by atomic mass is 10.1. The van der Waals surface area contributed by atoms with E-state index in [-0.39, 0.29) is 16.9 Å². The maximum Gasteiger partial charge on any atom is 0.341 e. The number of carboxylic acids is 1. The van der Waals surface area contributed by atoms with Crippen LogP contribution >= 0.6 is 0 Å². The molecule has 0 aliphatic heterocycles. The van der Waals surface area contributed by atoms with Crippen LogP contribution in [-0.2, 0) is 6.54 Å². The lowest BCUT2D eigenvalue weighted by Gasteiger charge is -2.21. The minimum atomic E-state index is -1.30. The van der Waals surface area contributed by atoms with Gasteiger partial charge in [-0.15, -0.1) is 0 Å². The van der Waals surface area contributed by atoms with E-state index in [1.807, 2.05) is 20.8 Å². The highest BCUT2D eigenvalue weighted by atomic mass is 19.1. The van der Waals surface area contributed by atoms with Crippen molar-refractivity contribution in [3.8, 4) is 0 Å². The van der Waals surface area contributed by atoms with Gasteiger partial charge in [-0.1, -0.05) is 20.8 Å². The van der Waals surface area contributed by atoms with Gasteiger partial charge in [-0.05, 0) is 24.5 Å². The molecule has 0 radical (unpaired) electrons. The number of halogens is 1. The van der Waals surface area contributed by atoms with E-state index < -0.39 is 17.2 Å². The second kappa shape index (κ2) is 7.03. The molecule has 0 unspecified atom stereocenters. The van der Waals surface area contributed by atoms with Crippen LogP contribution in [0.3, 0.4) is 0 Å². The molecule has 1 aromatic heterocycles. The largest absolute Gasteiger partial charge is 0.477 e. The lowest BCUT2D eigenvalue weighted by Crippen LogP contribution is -2.22. The first-order chi connectivity index (χ1) is 11.3. The van der Waals surface area contributed by atoms with Crippen LogP contribution in [0.15, 0.2) is 23.1 Å². The monoisotopic (exact) mass is 334 g/mol. The van der Waals surface area contributed by atoms with Crippen LogP contribution in [0, 0.1) is 11.7 Å². The van der Waals surface area contributed by atoms with Gasteiger partial charge in [0.15, 0.2) is 0 Å². The number of hydrogen-bond donors (Lipinski definition) is 1. The van der Waals surface area contributed by atoms with Gasteiger partial charge in [0, 0.05) is 31.7 Å². The normalized spacial score (nSPS) is 11.2. The summed E-state index contributed by atoms with van der Waals surface area (Å²) in [5, 5.41) is 9.35. The number of aromatic carboxylic acids is 1. The van der Waals surface area contributed by atoms with E-state index >= 15 is 0 Å². The van der Waals surface area contributed by atoms with E-state index in [0.29, 0.717) is 24.3 Å². The minimum absolute atomic E-state index is 0.0988. The Morgan fingerprint density at radius 3 is 2.58 bits per heavy atom. The molecule has 0 spiro atoms. The van der Waals surface area contributed by atoms with Crippen molar-refractivity contribution < 1.29 is 14.3 Å². The first-order valence-corrected chi connectivity index (χ1v) is 8.07. The number of pyridine rings is 1. The van der Waals surface area contributed by atoms with Gasteiger partial charge in [0.2, 0.25) is 5.43 Å². The highest BCUT2D eigenvalue weighted by Crippen LogP contribution is 2.25. The highest BCUT2D eigenvalue weighted by molar-refractivity contribution is 5.93. The molecule has 2 aromatic rings. The van der Waals surface area contributed by atoms with E-state index in [1.165, 1.54) is 6.20 Å². The molecular formula is C18H23FN2O3. The molecule has 0 amide bonds. The molecule has 0 aliphatic carbocycles. The van der Waals surface area contributed by atoms with Crippen LogP contribution in [-0.4, -0.2) is 29.2 Å². The molecule has 0 saturated carbocycles. The third kappa shape index (κ3) is 3.42. The number of benzene rings is 1. The number of rotatable bonds is 6. The van der Waals surface area contributed by atoms with Gasteiger partial charge in [-0.2, -0.15) is 0 Å². The first kappa shape index (κ1) is 18.0. The van der Waals surface area contributed by atoms with Gasteiger partial charge in [0.1, 0.15) is 11.4 Å². The Hall–Kier alpha value is -2.37. The van der Waals surface area contributed by atoms with Crippen molar-refractivity contribution in [2.45, 2.75) is 33.7 Å². The molecule has 0 atom stereocenters. The molecule has 24 heavy (non-hydrogen) atoms. The van der Waals surface area contributed by atoms with Crippen molar-refractivity contribution in [1.29, 1.82) is 0 Å². The van der Waals surface area contributed by atoms with Crippen LogP contribution in [0.25, 0.3) is 10.9 Å². The van der Waals surface area contributed by atoms with Crippen LogP contribution in [0.4, 0.5) is 10.1 Å². The summed E-state index contributed by atoms with van der Waals surface area (Å²) in [6.45, 7) is 7.23. The van der Waals surface area contributed by atoms with Crippen LogP contribution in [0.5, 0.6) is 0 Å². The lowest BCUT2D eigenvalue weighted by molar-refractivity contribution is 0.0694. The van der Waals surface area contributed by atoms with Crippen molar-refractivity contribution in [1.82, 2.24) is 4.57 Å². The van der Waals surface area contributed by atoms with E-state index in [1.54, 1.807) is 22.6 Å². The summed E-state index contributed by atoms with van der Waals surface area (Å²) in [7, 11) is 1.80. The van der Waals surface area contributed by atoms with E-state index in [0.717, 1.165) is 12.5 Å². The summed E-state index contributed by atoms with van der Waals surface area (Å²) in [6, 6.07) is 2.79. The number of fused-ring (bicyclic) bond motifs is 1. The van der Waals surface area contributed by atoms with E-state index in [9.17, 15) is 19.1 Å². The average Bonchev–Trinajstić information content (AvgIpc) is 2.49. The van der Waals surface area contributed by atoms with Crippen molar-refractivity contribution in [3.63, 3.8) is 0 Å². The van der Waals surface area contributed by atoms with Crippen molar-refractivity contribution in [2.24, 2.45) is 5.92 Å². The smallest absolute Gasteiger partial charge is 0.341 e. The fourth-order valence-electron chi connectivity index (χ4n) is 2.84. The molecule has 0 fully saturated rings. The summed E-state index contributed by atoms with van der Waals surface area (Å²) in [4.78, 5) is 25.5. The summed E-state index contributed by atoms with van der Waals surface area (Å²) in [5.41, 5.74) is -0.0271. The number of carboxylic acid groups (broad SMARTS) is 1.